The van der Waals surface area contributed by atoms with Crippen molar-refractivity contribution in [1.82, 2.24) is 9.80 Å². The second-order valence-electron chi connectivity index (χ2n) is 9.55. The fraction of sp³-hybridized carbons (Fsp3) is 0.393. The van der Waals surface area contributed by atoms with Crippen LogP contribution in [0, 0.1) is 0 Å². The summed E-state index contributed by atoms with van der Waals surface area (Å²) in [6.45, 7) is 3.24. The molecule has 39 heavy (non-hydrogen) atoms. The molecule has 2 aliphatic heterocycles. The van der Waals surface area contributed by atoms with Crippen LogP contribution in [0.1, 0.15) is 37.8 Å². The molecule has 2 fully saturated rings. The number of methoxy groups -OCH3 is 2. The number of ketones is 1. The molecule has 0 aliphatic carbocycles. The van der Waals surface area contributed by atoms with E-state index in [0.717, 1.165) is 21.8 Å². The normalized spacial score (nSPS) is 19.1. The highest BCUT2D eigenvalue weighted by Crippen LogP contribution is 2.42. The number of aliphatic carboxylic acids is 1. The summed E-state index contributed by atoms with van der Waals surface area (Å²) in [5, 5.41) is 8.83. The number of rotatable bonds is 10. The molecule has 2 aromatic carbocycles. The highest BCUT2D eigenvalue weighted by Gasteiger charge is 2.63. The van der Waals surface area contributed by atoms with Crippen LogP contribution in [-0.4, -0.2) is 76.8 Å². The predicted molar refractivity (Wildman–Crippen MR) is 138 cm³/mol. The van der Waals surface area contributed by atoms with Gasteiger partial charge in [0.05, 0.1) is 27.1 Å². The molecule has 2 saturated heterocycles. The highest BCUT2D eigenvalue weighted by molar-refractivity contribution is 5.97. The average Bonchev–Trinajstić information content (AvgIpc) is 3.07. The number of fused-ring (bicyclic) bond motifs is 1. The Balaban J connectivity index is 0.000000216. The zero-order valence-corrected chi connectivity index (χ0v) is 22.3. The largest absolute Gasteiger partial charge is 0.497 e. The number of carbonyl (C=O) groups is 5. The van der Waals surface area contributed by atoms with Crippen LogP contribution in [0.4, 0.5) is 0 Å². The van der Waals surface area contributed by atoms with Crippen LogP contribution in [0.2, 0.25) is 0 Å². The number of nitrogens with zero attached hydrogens (tertiary/aromatic N) is 2. The van der Waals surface area contributed by atoms with E-state index in [-0.39, 0.29) is 37.0 Å². The summed E-state index contributed by atoms with van der Waals surface area (Å²) in [6.07, 6.45) is -0.0109. The van der Waals surface area contributed by atoms with Crippen molar-refractivity contribution in [3.63, 3.8) is 0 Å². The zero-order valence-electron chi connectivity index (χ0n) is 22.3. The SMILES string of the molecule is COc1ccc(CN(CC(=O)O)C(=O)CC(C)=O)cc1.COc1ccc(CN2C(=O)C[C@]3(C)OC(=O)C23)cc1. The molecule has 2 aliphatic rings. The third kappa shape index (κ3) is 7.34. The van der Waals surface area contributed by atoms with Crippen molar-refractivity contribution in [1.29, 1.82) is 0 Å². The fourth-order valence-electron chi connectivity index (χ4n) is 4.45. The number of hydrogen-bond acceptors (Lipinski definition) is 8. The standard InChI is InChI=1S/C14H17NO5.C14H15NO4/c1-10(16)7-13(17)15(9-14(18)19)8-11-3-5-12(20-2)6-4-11;1-14-7-11(16)15(12(14)13(17)19-14)8-9-3-5-10(18-2)6-4-9/h3-6H,7-9H2,1-2H3,(H,18,19);3-6,12H,7-8H2,1-2H3/t;12?,14-/m.0/s1. The van der Waals surface area contributed by atoms with Gasteiger partial charge in [0.15, 0.2) is 6.04 Å². The molecule has 208 valence electrons. The minimum atomic E-state index is -1.12. The number of esters is 1. The van der Waals surface area contributed by atoms with Crippen molar-refractivity contribution in [2.45, 2.75) is 51.4 Å². The van der Waals surface area contributed by atoms with E-state index in [2.05, 4.69) is 0 Å². The van der Waals surface area contributed by atoms with Gasteiger partial charge in [-0.1, -0.05) is 24.3 Å². The van der Waals surface area contributed by atoms with Crippen LogP contribution in [-0.2, 0) is 41.8 Å². The topological polar surface area (TPSA) is 140 Å². The quantitative estimate of drug-likeness (QED) is 0.355. The van der Waals surface area contributed by atoms with E-state index in [9.17, 15) is 24.0 Å². The Kier molecular flexibility index (Phi) is 9.29. The van der Waals surface area contributed by atoms with Gasteiger partial charge >= 0.3 is 11.9 Å². The molecule has 0 bridgehead atoms. The summed E-state index contributed by atoms with van der Waals surface area (Å²) >= 11 is 0. The Morgan fingerprint density at radius 2 is 1.54 bits per heavy atom. The number of hydrogen-bond donors (Lipinski definition) is 1. The van der Waals surface area contributed by atoms with Gasteiger partial charge in [0, 0.05) is 13.1 Å². The maximum absolute atomic E-state index is 12.0. The monoisotopic (exact) mass is 540 g/mol. The Bertz CT molecular complexity index is 1230. The van der Waals surface area contributed by atoms with Gasteiger partial charge in [-0.3, -0.25) is 19.2 Å². The van der Waals surface area contributed by atoms with Gasteiger partial charge in [0.2, 0.25) is 11.8 Å². The summed E-state index contributed by atoms with van der Waals surface area (Å²) in [6, 6.07) is 14.0. The van der Waals surface area contributed by atoms with Gasteiger partial charge in [0.25, 0.3) is 0 Å². The first kappa shape index (κ1) is 29.2. The van der Waals surface area contributed by atoms with Gasteiger partial charge in [-0.25, -0.2) is 4.79 Å². The average molecular weight is 541 g/mol. The Morgan fingerprint density at radius 1 is 1.00 bits per heavy atom. The fourth-order valence-corrected chi connectivity index (χ4v) is 4.45. The van der Waals surface area contributed by atoms with E-state index >= 15 is 0 Å². The second kappa shape index (κ2) is 12.4. The van der Waals surface area contributed by atoms with E-state index in [1.165, 1.54) is 6.92 Å². The van der Waals surface area contributed by atoms with Gasteiger partial charge in [-0.05, 0) is 49.2 Å². The molecule has 2 heterocycles. The van der Waals surface area contributed by atoms with Gasteiger partial charge < -0.3 is 29.1 Å². The maximum atomic E-state index is 12.0. The van der Waals surface area contributed by atoms with Gasteiger partial charge in [-0.15, -0.1) is 0 Å². The second-order valence-corrected chi connectivity index (χ2v) is 9.55. The van der Waals surface area contributed by atoms with Crippen LogP contribution in [0.25, 0.3) is 0 Å². The molecule has 1 unspecified atom stereocenters. The number of Topliss-reactive ketones (excluding diaryl/α,β-unsaturated/α-hetero) is 1. The van der Waals surface area contributed by atoms with Crippen LogP contribution in [0.3, 0.4) is 0 Å². The van der Waals surface area contributed by atoms with Crippen molar-refractivity contribution >= 4 is 29.5 Å². The van der Waals surface area contributed by atoms with Crippen molar-refractivity contribution in [2.75, 3.05) is 20.8 Å². The molecule has 4 rings (SSSR count). The molecule has 2 aromatic rings. The first-order valence-electron chi connectivity index (χ1n) is 12.2. The molecule has 0 saturated carbocycles. The summed E-state index contributed by atoms with van der Waals surface area (Å²) in [5.74, 6) is -0.791. The number of carbonyl (C=O) groups excluding carboxylic acids is 4. The van der Waals surface area contributed by atoms with Crippen molar-refractivity contribution in [3.8, 4) is 11.5 Å². The summed E-state index contributed by atoms with van der Waals surface area (Å²) in [4.78, 5) is 59.9. The number of likely N-dealkylation sites (tertiary alicyclic amines) is 1. The number of benzene rings is 2. The molecule has 0 radical (unpaired) electrons. The Labute approximate surface area is 226 Å². The minimum absolute atomic E-state index is 0.0332. The first-order valence-corrected chi connectivity index (χ1v) is 12.2. The minimum Gasteiger partial charge on any atom is -0.497 e. The predicted octanol–water partition coefficient (Wildman–Crippen LogP) is 2.20. The Hall–Kier alpha value is -4.41. The molecule has 0 spiro atoms. The smallest absolute Gasteiger partial charge is 0.333 e. The van der Waals surface area contributed by atoms with Gasteiger partial charge in [-0.2, -0.15) is 0 Å². The molecule has 2 amide bonds. The summed E-state index contributed by atoms with van der Waals surface area (Å²) < 4.78 is 15.2. The molecule has 11 heteroatoms. The molecule has 1 N–H and O–H groups in total. The van der Waals surface area contributed by atoms with Crippen LogP contribution >= 0.6 is 0 Å². The van der Waals surface area contributed by atoms with Crippen LogP contribution < -0.4 is 9.47 Å². The van der Waals surface area contributed by atoms with E-state index < -0.39 is 30.1 Å². The lowest BCUT2D eigenvalue weighted by atomic mass is 9.91. The van der Waals surface area contributed by atoms with E-state index in [1.54, 1.807) is 43.4 Å². The van der Waals surface area contributed by atoms with Crippen molar-refractivity contribution in [2.24, 2.45) is 0 Å². The number of amides is 2. The lowest BCUT2D eigenvalue weighted by molar-refractivity contribution is -0.200. The van der Waals surface area contributed by atoms with E-state index in [1.807, 2.05) is 31.2 Å². The molecule has 11 nitrogen and oxygen atoms in total. The molecular formula is C28H32N2O9. The van der Waals surface area contributed by atoms with Crippen LogP contribution in [0.15, 0.2) is 48.5 Å². The number of carboxylic acid groups (broad SMARTS) is 1. The first-order chi connectivity index (χ1) is 18.4. The summed E-state index contributed by atoms with van der Waals surface area (Å²) in [7, 11) is 3.15. The lowest BCUT2D eigenvalue weighted by Crippen LogP contribution is -2.61. The van der Waals surface area contributed by atoms with E-state index in [4.69, 9.17) is 19.3 Å². The molecule has 0 aromatic heterocycles. The molecule has 2 atom stereocenters. The Morgan fingerprint density at radius 3 is 2.00 bits per heavy atom. The highest BCUT2D eigenvalue weighted by atomic mass is 16.6. The summed E-state index contributed by atoms with van der Waals surface area (Å²) in [5.41, 5.74) is 1.11. The lowest BCUT2D eigenvalue weighted by Gasteiger charge is -2.41. The number of ether oxygens (including phenoxy) is 3. The van der Waals surface area contributed by atoms with Crippen molar-refractivity contribution in [3.05, 3.63) is 59.7 Å². The van der Waals surface area contributed by atoms with Crippen molar-refractivity contribution < 1.29 is 43.3 Å². The van der Waals surface area contributed by atoms with E-state index in [0.29, 0.717) is 12.3 Å². The third-order valence-corrected chi connectivity index (χ3v) is 6.39. The number of carboxylic acids is 1. The maximum Gasteiger partial charge on any atom is 0.333 e. The zero-order chi connectivity index (χ0) is 28.7. The van der Waals surface area contributed by atoms with Gasteiger partial charge in [0.1, 0.15) is 29.4 Å². The molecular weight excluding hydrogens is 508 g/mol. The van der Waals surface area contributed by atoms with Crippen LogP contribution in [0.5, 0.6) is 11.5 Å². The third-order valence-electron chi connectivity index (χ3n) is 6.39.